The van der Waals surface area contributed by atoms with E-state index < -0.39 is 0 Å². The van der Waals surface area contributed by atoms with Crippen molar-refractivity contribution in [2.24, 2.45) is 11.8 Å². The number of nitrogens with zero attached hydrogens (tertiary/aromatic N) is 1. The van der Waals surface area contributed by atoms with E-state index in [1.165, 1.54) is 74.2 Å². The molecule has 2 N–H and O–H groups in total. The zero-order valence-electron chi connectivity index (χ0n) is 21.2. The van der Waals surface area contributed by atoms with Crippen LogP contribution in [0.2, 0.25) is 0 Å². The summed E-state index contributed by atoms with van der Waals surface area (Å²) in [5.41, 5.74) is 1.43. The smallest absolute Gasteiger partial charge is 0.107 e. The Morgan fingerprint density at radius 2 is 1.57 bits per heavy atom. The third-order valence-electron chi connectivity index (χ3n) is 7.68. The minimum atomic E-state index is -0.205. The quantitative estimate of drug-likeness (QED) is 0.441. The van der Waals surface area contributed by atoms with Crippen LogP contribution in [-0.2, 0) is 4.79 Å². The molecular weight excluding hydrogens is 452 g/mol. The number of hydrogen-bond donors (Lipinski definition) is 2. The lowest BCUT2D eigenvalue weighted by Gasteiger charge is -2.31. The molecule has 1 unspecified atom stereocenters. The molecule has 5 heteroatoms. The Balaban J connectivity index is 0.000000186. The highest BCUT2D eigenvalue weighted by Crippen LogP contribution is 2.34. The molecule has 5 rings (SSSR count). The molecule has 2 aromatic rings. The van der Waals surface area contributed by atoms with Crippen LogP contribution in [0.1, 0.15) is 62.8 Å². The zero-order chi connectivity index (χ0) is 24.7. The Bertz CT molecular complexity index is 797. The van der Waals surface area contributed by atoms with Gasteiger partial charge in [-0.05, 0) is 86.4 Å². The number of rotatable bonds is 8. The van der Waals surface area contributed by atoms with Crippen molar-refractivity contribution in [3.8, 4) is 0 Å². The third-order valence-corrected chi connectivity index (χ3v) is 8.72. The van der Waals surface area contributed by atoms with Gasteiger partial charge >= 0.3 is 0 Å². The van der Waals surface area contributed by atoms with Gasteiger partial charge in [0.1, 0.15) is 13.0 Å². The molecule has 192 valence electrons. The van der Waals surface area contributed by atoms with Gasteiger partial charge in [0.15, 0.2) is 0 Å². The SMILES string of the molecule is C=O.OC(CC1CCC1)N1CC[C@@H](c2ccccc2)C1.c1ccc(SCCC2CCNCC2)cc1. The lowest BCUT2D eigenvalue weighted by molar-refractivity contribution is -0.0980. The predicted octanol–water partition coefficient (Wildman–Crippen LogP) is 5.97. The average Bonchev–Trinajstić information content (AvgIpc) is 3.40. The number of piperidine rings is 1. The highest BCUT2D eigenvalue weighted by molar-refractivity contribution is 7.99. The van der Waals surface area contributed by atoms with Crippen LogP contribution in [-0.4, -0.2) is 55.0 Å². The van der Waals surface area contributed by atoms with Crippen molar-refractivity contribution in [1.82, 2.24) is 10.2 Å². The maximum absolute atomic E-state index is 10.3. The lowest BCUT2D eigenvalue weighted by atomic mass is 9.82. The first-order valence-electron chi connectivity index (χ1n) is 13.4. The zero-order valence-corrected chi connectivity index (χ0v) is 22.0. The summed E-state index contributed by atoms with van der Waals surface area (Å²) in [7, 11) is 0. The van der Waals surface area contributed by atoms with E-state index in [1.54, 1.807) is 0 Å². The van der Waals surface area contributed by atoms with Gasteiger partial charge in [-0.15, -0.1) is 11.8 Å². The molecule has 0 radical (unpaired) electrons. The number of benzene rings is 2. The van der Waals surface area contributed by atoms with Crippen molar-refractivity contribution in [3.63, 3.8) is 0 Å². The van der Waals surface area contributed by atoms with Gasteiger partial charge in [-0.25, -0.2) is 0 Å². The number of nitrogens with one attached hydrogen (secondary N) is 1. The van der Waals surface area contributed by atoms with Crippen molar-refractivity contribution in [2.75, 3.05) is 31.9 Å². The number of aliphatic hydroxyl groups excluding tert-OH is 1. The van der Waals surface area contributed by atoms with Crippen LogP contribution in [0.25, 0.3) is 0 Å². The molecule has 2 heterocycles. The minimum absolute atomic E-state index is 0.205. The van der Waals surface area contributed by atoms with E-state index in [4.69, 9.17) is 4.79 Å². The van der Waals surface area contributed by atoms with Crippen molar-refractivity contribution >= 4 is 18.6 Å². The molecule has 0 amide bonds. The lowest BCUT2D eigenvalue weighted by Crippen LogP contribution is -2.35. The largest absolute Gasteiger partial charge is 0.378 e. The molecule has 2 atom stereocenters. The molecule has 1 aliphatic carbocycles. The summed E-state index contributed by atoms with van der Waals surface area (Å²) >= 11 is 1.99. The maximum Gasteiger partial charge on any atom is 0.107 e. The third kappa shape index (κ3) is 9.72. The van der Waals surface area contributed by atoms with Crippen molar-refractivity contribution in [1.29, 1.82) is 0 Å². The van der Waals surface area contributed by atoms with Crippen molar-refractivity contribution in [2.45, 2.75) is 68.4 Å². The minimum Gasteiger partial charge on any atom is -0.378 e. The summed E-state index contributed by atoms with van der Waals surface area (Å²) in [6.45, 7) is 6.52. The van der Waals surface area contributed by atoms with E-state index in [2.05, 4.69) is 70.9 Å². The van der Waals surface area contributed by atoms with Crippen molar-refractivity contribution < 1.29 is 9.90 Å². The molecule has 3 fully saturated rings. The van der Waals surface area contributed by atoms with Crippen LogP contribution in [0, 0.1) is 11.8 Å². The van der Waals surface area contributed by atoms with Gasteiger partial charge in [0.2, 0.25) is 0 Å². The Hall–Kier alpha value is -1.66. The summed E-state index contributed by atoms with van der Waals surface area (Å²) in [5.74, 6) is 3.63. The van der Waals surface area contributed by atoms with Crippen LogP contribution in [0.3, 0.4) is 0 Å². The highest BCUT2D eigenvalue weighted by atomic mass is 32.2. The fourth-order valence-corrected chi connectivity index (χ4v) is 6.30. The molecule has 2 aromatic carbocycles. The first-order valence-corrected chi connectivity index (χ1v) is 14.4. The second-order valence-electron chi connectivity index (χ2n) is 10.0. The molecule has 3 aliphatic rings. The second-order valence-corrected chi connectivity index (χ2v) is 11.2. The molecule has 0 aromatic heterocycles. The van der Waals surface area contributed by atoms with Crippen LogP contribution < -0.4 is 5.32 Å². The Kier molecular flexibility index (Phi) is 12.9. The normalized spacial score (nSPS) is 21.7. The number of aliphatic hydroxyl groups is 1. The van der Waals surface area contributed by atoms with E-state index in [-0.39, 0.29) is 6.23 Å². The van der Waals surface area contributed by atoms with E-state index >= 15 is 0 Å². The van der Waals surface area contributed by atoms with Crippen molar-refractivity contribution in [3.05, 3.63) is 66.2 Å². The molecular formula is C30H44N2O2S. The molecule has 0 bridgehead atoms. The van der Waals surface area contributed by atoms with E-state index in [0.717, 1.165) is 31.3 Å². The maximum atomic E-state index is 10.3. The van der Waals surface area contributed by atoms with Gasteiger partial charge in [0.25, 0.3) is 0 Å². The summed E-state index contributed by atoms with van der Waals surface area (Å²) in [6, 6.07) is 21.4. The number of likely N-dealkylation sites (tertiary alicyclic amines) is 1. The number of thioether (sulfide) groups is 1. The number of carbonyl (C=O) groups excluding carboxylic acids is 1. The Morgan fingerprint density at radius 3 is 2.20 bits per heavy atom. The number of hydrogen-bond acceptors (Lipinski definition) is 5. The highest BCUT2D eigenvalue weighted by Gasteiger charge is 2.30. The van der Waals surface area contributed by atoms with E-state index in [0.29, 0.717) is 5.92 Å². The van der Waals surface area contributed by atoms with Gasteiger partial charge in [-0.3, -0.25) is 4.90 Å². The molecule has 0 spiro atoms. The van der Waals surface area contributed by atoms with Gasteiger partial charge in [-0.1, -0.05) is 67.8 Å². The first kappa shape index (κ1) is 27.9. The topological polar surface area (TPSA) is 52.6 Å². The molecule has 35 heavy (non-hydrogen) atoms. The van der Waals surface area contributed by atoms with E-state index in [9.17, 15) is 5.11 Å². The molecule has 1 saturated carbocycles. The second kappa shape index (κ2) is 16.2. The fourth-order valence-electron chi connectivity index (χ4n) is 5.26. The summed E-state index contributed by atoms with van der Waals surface area (Å²) in [4.78, 5) is 11.7. The van der Waals surface area contributed by atoms with Gasteiger partial charge in [0, 0.05) is 18.0 Å². The monoisotopic (exact) mass is 496 g/mol. The number of carbonyl (C=O) groups is 1. The van der Waals surface area contributed by atoms with Crippen LogP contribution in [0.15, 0.2) is 65.6 Å². The van der Waals surface area contributed by atoms with Crippen LogP contribution >= 0.6 is 11.8 Å². The standard InChI is InChI=1S/C16H23NO.C13H19NS.CH2O/c18-16(11-13-5-4-6-13)17-10-9-15(12-17)14-7-2-1-3-8-14;1-2-4-13(5-3-1)15-11-8-12-6-9-14-10-7-12;1-2/h1-3,7-8,13,15-16,18H,4-6,9-12H2;1-5,12,14H,6-11H2;1H2/t15-,16?;;/m1../s1. The van der Waals surface area contributed by atoms with Gasteiger partial charge in [0.05, 0.1) is 0 Å². The van der Waals surface area contributed by atoms with Gasteiger partial charge < -0.3 is 15.2 Å². The van der Waals surface area contributed by atoms with E-state index in [1.807, 2.05) is 18.6 Å². The summed E-state index contributed by atoms with van der Waals surface area (Å²) in [6.07, 6.45) is 10.1. The van der Waals surface area contributed by atoms with Gasteiger partial charge in [-0.2, -0.15) is 0 Å². The Labute approximate surface area is 216 Å². The Morgan fingerprint density at radius 1 is 0.914 bits per heavy atom. The predicted molar refractivity (Wildman–Crippen MR) is 148 cm³/mol. The summed E-state index contributed by atoms with van der Waals surface area (Å²) in [5, 5.41) is 13.7. The molecule has 2 aliphatic heterocycles. The molecule has 2 saturated heterocycles. The van der Waals surface area contributed by atoms with Crippen LogP contribution in [0.4, 0.5) is 0 Å². The van der Waals surface area contributed by atoms with Crippen LogP contribution in [0.5, 0.6) is 0 Å². The average molecular weight is 497 g/mol. The molecule has 4 nitrogen and oxygen atoms in total. The summed E-state index contributed by atoms with van der Waals surface area (Å²) < 4.78 is 0. The first-order chi connectivity index (χ1) is 17.3. The fraction of sp³-hybridized carbons (Fsp3) is 0.567.